The zero-order chi connectivity index (χ0) is 37.3. The summed E-state index contributed by atoms with van der Waals surface area (Å²) in [5.41, 5.74) is 9.05. The first-order chi connectivity index (χ1) is 27.8. The molecule has 10 aromatic rings. The van der Waals surface area contributed by atoms with Crippen LogP contribution in [-0.4, -0.2) is 9.13 Å². The van der Waals surface area contributed by atoms with E-state index in [-0.39, 0.29) is 0 Å². The van der Waals surface area contributed by atoms with Gasteiger partial charge in [0.2, 0.25) is 0 Å². The quantitative estimate of drug-likeness (QED) is 0.182. The smallest absolute Gasteiger partial charge is 0.0992 e. The molecule has 1 aliphatic rings. The molecule has 2 aromatic heterocycles. The molecule has 8 aromatic carbocycles. The summed E-state index contributed by atoms with van der Waals surface area (Å²) in [7, 11) is 0. The predicted molar refractivity (Wildman–Crippen MR) is 231 cm³/mol. The van der Waals surface area contributed by atoms with Crippen LogP contribution in [0.3, 0.4) is 0 Å². The van der Waals surface area contributed by atoms with E-state index in [1.54, 1.807) is 0 Å². The van der Waals surface area contributed by atoms with Crippen molar-refractivity contribution in [2.24, 2.45) is 5.92 Å². The van der Waals surface area contributed by atoms with E-state index < -0.39 is 11.8 Å². The number of para-hydroxylation sites is 4. The topological polar surface area (TPSA) is 57.4 Å². The number of fused-ring (bicyclic) bond motifs is 8. The Labute approximate surface area is 323 Å². The largest absolute Gasteiger partial charge is 0.311 e. The maximum absolute atomic E-state index is 11.8. The molecule has 2 heterocycles. The van der Waals surface area contributed by atoms with Crippen LogP contribution >= 0.6 is 0 Å². The van der Waals surface area contributed by atoms with E-state index in [4.69, 9.17) is 0 Å². The van der Waals surface area contributed by atoms with Crippen LogP contribution in [0.25, 0.3) is 82.1 Å². The minimum atomic E-state index is -0.750. The number of hydrogen-bond acceptors (Lipinski definition) is 2. The molecule has 0 aliphatic heterocycles. The molecular weight excluding hydrogens is 681 g/mol. The average molecular weight is 713 g/mol. The fourth-order valence-corrected chi connectivity index (χ4v) is 9.54. The van der Waals surface area contributed by atoms with Crippen molar-refractivity contribution in [3.63, 3.8) is 0 Å². The van der Waals surface area contributed by atoms with Gasteiger partial charge in [-0.2, -0.15) is 10.5 Å². The van der Waals surface area contributed by atoms with Gasteiger partial charge in [0.25, 0.3) is 0 Å². The number of nitrogens with zero attached hydrogens (tertiary/aromatic N) is 4. The van der Waals surface area contributed by atoms with E-state index in [0.717, 1.165) is 93.3 Å². The molecule has 56 heavy (non-hydrogen) atoms. The summed E-state index contributed by atoms with van der Waals surface area (Å²) in [6.45, 7) is 0. The Morgan fingerprint density at radius 3 is 1.38 bits per heavy atom. The van der Waals surface area contributed by atoms with Gasteiger partial charge in [-0.3, -0.25) is 0 Å². The molecule has 4 heteroatoms. The molecule has 0 bridgehead atoms. The monoisotopic (exact) mass is 712 g/mol. The highest BCUT2D eigenvalue weighted by molar-refractivity contribution is 6.23. The van der Waals surface area contributed by atoms with Crippen LogP contribution in [0.15, 0.2) is 188 Å². The first kappa shape index (κ1) is 31.8. The molecule has 0 radical (unpaired) electrons. The molecule has 1 aliphatic carbocycles. The van der Waals surface area contributed by atoms with E-state index in [0.29, 0.717) is 5.57 Å². The summed E-state index contributed by atoms with van der Waals surface area (Å²) >= 11 is 0. The summed E-state index contributed by atoms with van der Waals surface area (Å²) in [5.74, 6) is -1.35. The molecule has 2 atom stereocenters. The van der Waals surface area contributed by atoms with E-state index in [2.05, 4.69) is 191 Å². The average Bonchev–Trinajstić information content (AvgIpc) is 3.78. The van der Waals surface area contributed by atoms with Crippen LogP contribution < -0.4 is 0 Å². The predicted octanol–water partition coefficient (Wildman–Crippen LogP) is 12.9. The van der Waals surface area contributed by atoms with E-state index in [9.17, 15) is 10.5 Å². The lowest BCUT2D eigenvalue weighted by atomic mass is 9.70. The summed E-state index contributed by atoms with van der Waals surface area (Å²) in [6.07, 6.45) is 0. The molecule has 0 saturated heterocycles. The Morgan fingerprint density at radius 1 is 0.411 bits per heavy atom. The van der Waals surface area contributed by atoms with Crippen molar-refractivity contribution in [3.05, 3.63) is 199 Å². The number of hydrogen-bond donors (Lipinski definition) is 0. The number of rotatable bonds is 4. The number of nitriles is 2. The number of allylic oxidation sites excluding steroid dienone is 4. The molecule has 2 unspecified atom stereocenters. The van der Waals surface area contributed by atoms with Crippen molar-refractivity contribution >= 4 is 82.1 Å². The van der Waals surface area contributed by atoms with Crippen LogP contribution in [0.4, 0.5) is 0 Å². The summed E-state index contributed by atoms with van der Waals surface area (Å²) in [4.78, 5) is 0. The zero-order valence-corrected chi connectivity index (χ0v) is 30.3. The third-order valence-corrected chi connectivity index (χ3v) is 11.8. The van der Waals surface area contributed by atoms with Gasteiger partial charge in [-0.25, -0.2) is 0 Å². The van der Waals surface area contributed by atoms with Crippen LogP contribution in [0, 0.1) is 28.6 Å². The van der Waals surface area contributed by atoms with Crippen LogP contribution in [-0.2, 0) is 0 Å². The highest BCUT2D eigenvalue weighted by atomic mass is 15.0. The van der Waals surface area contributed by atoms with Crippen molar-refractivity contribution in [1.82, 2.24) is 9.13 Å². The van der Waals surface area contributed by atoms with Gasteiger partial charge in [0.05, 0.1) is 57.1 Å². The van der Waals surface area contributed by atoms with Crippen LogP contribution in [0.5, 0.6) is 0 Å². The fourth-order valence-electron chi connectivity index (χ4n) is 9.54. The van der Waals surface area contributed by atoms with E-state index in [1.165, 1.54) is 0 Å². The van der Waals surface area contributed by atoms with Crippen molar-refractivity contribution in [3.8, 4) is 12.1 Å². The molecule has 0 N–H and O–H groups in total. The van der Waals surface area contributed by atoms with Crippen molar-refractivity contribution in [2.45, 2.75) is 5.92 Å². The molecule has 260 valence electrons. The Kier molecular flexibility index (Phi) is 7.08. The first-order valence-corrected chi connectivity index (χ1v) is 19.0. The number of aromatic nitrogens is 2. The van der Waals surface area contributed by atoms with Crippen molar-refractivity contribution < 1.29 is 0 Å². The minimum absolute atomic E-state index is 0.562. The zero-order valence-electron chi connectivity index (χ0n) is 30.3. The fraction of sp³-hybridized carbons (Fsp3) is 0.0385. The molecule has 0 amide bonds. The Balaban J connectivity index is 1.43. The highest BCUT2D eigenvalue weighted by Crippen LogP contribution is 2.55. The summed E-state index contributed by atoms with van der Waals surface area (Å²) in [6, 6.07) is 69.0. The maximum Gasteiger partial charge on any atom is 0.0992 e. The molecule has 11 rings (SSSR count). The van der Waals surface area contributed by atoms with Crippen LogP contribution in [0.2, 0.25) is 0 Å². The Hall–Kier alpha value is -7.66. The first-order valence-electron chi connectivity index (χ1n) is 19.0. The second-order valence-corrected chi connectivity index (χ2v) is 14.6. The normalized spacial score (nSPS) is 16.0. The SMILES string of the molecule is N#CC1=C(n2c3ccccc3c3ccccc32)C(c2cccc3ccccc23)=C(n2c3ccccc3c3ccccc32)C(C#N)C1c1cccc2ccccc12. The Bertz CT molecular complexity index is 3300. The second-order valence-electron chi connectivity index (χ2n) is 14.6. The molecule has 0 saturated carbocycles. The van der Waals surface area contributed by atoms with Gasteiger partial charge in [-0.05, 0) is 56.9 Å². The highest BCUT2D eigenvalue weighted by Gasteiger charge is 2.43. The van der Waals surface area contributed by atoms with Gasteiger partial charge < -0.3 is 9.13 Å². The molecule has 0 fully saturated rings. The summed E-state index contributed by atoms with van der Waals surface area (Å²) < 4.78 is 4.63. The molecule has 4 nitrogen and oxygen atoms in total. The number of benzene rings is 8. The second kappa shape index (κ2) is 12.5. The maximum atomic E-state index is 11.8. The summed E-state index contributed by atoms with van der Waals surface area (Å²) in [5, 5.41) is 32.3. The van der Waals surface area contributed by atoms with Crippen LogP contribution in [0.1, 0.15) is 17.0 Å². The van der Waals surface area contributed by atoms with Crippen molar-refractivity contribution in [1.29, 1.82) is 10.5 Å². The lowest BCUT2D eigenvalue weighted by molar-refractivity contribution is 0.690. The van der Waals surface area contributed by atoms with E-state index >= 15 is 0 Å². The third kappa shape index (κ3) is 4.45. The third-order valence-electron chi connectivity index (χ3n) is 11.8. The van der Waals surface area contributed by atoms with E-state index in [1.807, 2.05) is 12.1 Å². The van der Waals surface area contributed by atoms with Gasteiger partial charge in [0, 0.05) is 33.0 Å². The minimum Gasteiger partial charge on any atom is -0.311 e. The van der Waals surface area contributed by atoms with Gasteiger partial charge in [-0.15, -0.1) is 0 Å². The molecule has 0 spiro atoms. The molecular formula is C52H32N4. The lowest BCUT2D eigenvalue weighted by Crippen LogP contribution is -2.26. The van der Waals surface area contributed by atoms with Gasteiger partial charge in [0.1, 0.15) is 0 Å². The lowest BCUT2D eigenvalue weighted by Gasteiger charge is -2.36. The van der Waals surface area contributed by atoms with Gasteiger partial charge in [0.15, 0.2) is 0 Å². The van der Waals surface area contributed by atoms with Gasteiger partial charge >= 0.3 is 0 Å². The Morgan fingerprint density at radius 2 is 0.839 bits per heavy atom. The van der Waals surface area contributed by atoms with Crippen molar-refractivity contribution in [2.75, 3.05) is 0 Å². The van der Waals surface area contributed by atoms with Gasteiger partial charge in [-0.1, -0.05) is 158 Å². The standard InChI is InChI=1S/C52H32N4/c53-31-43-49(41-25-13-17-33-15-1-3-19-35(33)41)44(32-54)52(56-47-29-11-7-23-39(47)40-24-8-12-30-48(40)56)50(42-26-14-18-34-16-2-4-20-36(34)42)51(43)55-45-27-9-5-21-37(45)38-22-6-10-28-46(38)55/h1-30,43,49H.